The van der Waals surface area contributed by atoms with Gasteiger partial charge in [-0.25, -0.2) is 0 Å². The number of likely N-dealkylation sites (N-methyl/N-ethyl adjacent to an activating group) is 1. The molecular weight excluding hydrogens is 256 g/mol. The highest BCUT2D eigenvalue weighted by molar-refractivity contribution is 5.00. The van der Waals surface area contributed by atoms with Gasteiger partial charge in [-0.3, -0.25) is 4.90 Å². The average Bonchev–Trinajstić information content (AvgIpc) is 2.48. The van der Waals surface area contributed by atoms with Gasteiger partial charge in [-0.1, -0.05) is 47.5 Å². The molecule has 0 aromatic heterocycles. The quantitative estimate of drug-likeness (QED) is 0.664. The van der Waals surface area contributed by atoms with Crippen molar-refractivity contribution in [3.8, 4) is 0 Å². The lowest BCUT2D eigenvalue weighted by atomic mass is 9.71. The van der Waals surface area contributed by atoms with Crippen molar-refractivity contribution in [3.63, 3.8) is 0 Å². The van der Waals surface area contributed by atoms with Gasteiger partial charge in [0, 0.05) is 11.6 Å². The molecule has 0 heterocycles. The van der Waals surface area contributed by atoms with Gasteiger partial charge in [-0.15, -0.1) is 0 Å². The Morgan fingerprint density at radius 3 is 2.29 bits per heavy atom. The summed E-state index contributed by atoms with van der Waals surface area (Å²) in [5, 5.41) is 3.96. The van der Waals surface area contributed by atoms with Crippen molar-refractivity contribution in [2.75, 3.05) is 19.6 Å². The normalized spacial score (nSPS) is 27.6. The Labute approximate surface area is 134 Å². The van der Waals surface area contributed by atoms with Crippen molar-refractivity contribution >= 4 is 0 Å². The molecule has 21 heavy (non-hydrogen) atoms. The van der Waals surface area contributed by atoms with E-state index in [1.54, 1.807) is 0 Å². The van der Waals surface area contributed by atoms with Crippen LogP contribution < -0.4 is 5.32 Å². The second-order valence-corrected chi connectivity index (χ2v) is 7.35. The number of rotatable bonds is 9. The maximum absolute atomic E-state index is 3.96. The van der Waals surface area contributed by atoms with Crippen LogP contribution in [0.3, 0.4) is 0 Å². The Kier molecular flexibility index (Phi) is 8.26. The summed E-state index contributed by atoms with van der Waals surface area (Å²) < 4.78 is 0. The molecule has 1 N–H and O–H groups in total. The molecule has 2 nitrogen and oxygen atoms in total. The third kappa shape index (κ3) is 4.69. The predicted octanol–water partition coefficient (Wildman–Crippen LogP) is 4.69. The van der Waals surface area contributed by atoms with E-state index >= 15 is 0 Å². The highest BCUT2D eigenvalue weighted by Crippen LogP contribution is 2.37. The van der Waals surface area contributed by atoms with Gasteiger partial charge < -0.3 is 5.32 Å². The van der Waals surface area contributed by atoms with Crippen LogP contribution in [-0.2, 0) is 0 Å². The molecule has 4 atom stereocenters. The fourth-order valence-electron chi connectivity index (χ4n) is 4.56. The average molecular weight is 297 g/mol. The lowest BCUT2D eigenvalue weighted by Crippen LogP contribution is -2.62. The number of nitrogens with one attached hydrogen (secondary N) is 1. The predicted molar refractivity (Wildman–Crippen MR) is 94.8 cm³/mol. The zero-order chi connectivity index (χ0) is 15.9. The minimum Gasteiger partial charge on any atom is -0.312 e. The molecular formula is C19H40N2. The van der Waals surface area contributed by atoms with Crippen LogP contribution in [0.15, 0.2) is 0 Å². The van der Waals surface area contributed by atoms with Gasteiger partial charge >= 0.3 is 0 Å². The molecule has 1 aliphatic rings. The summed E-state index contributed by atoms with van der Waals surface area (Å²) in [5.74, 6) is 1.76. The van der Waals surface area contributed by atoms with Crippen LogP contribution in [0.2, 0.25) is 0 Å². The maximum Gasteiger partial charge on any atom is 0.0334 e. The maximum atomic E-state index is 3.96. The largest absolute Gasteiger partial charge is 0.312 e. The number of hydrogen-bond acceptors (Lipinski definition) is 2. The molecule has 2 heteroatoms. The van der Waals surface area contributed by atoms with Crippen LogP contribution in [0, 0.1) is 11.8 Å². The van der Waals surface area contributed by atoms with Gasteiger partial charge in [0.15, 0.2) is 0 Å². The molecule has 0 bridgehead atoms. The van der Waals surface area contributed by atoms with Gasteiger partial charge in [0.1, 0.15) is 0 Å². The van der Waals surface area contributed by atoms with Crippen molar-refractivity contribution in [2.24, 2.45) is 11.8 Å². The number of nitrogens with zero attached hydrogens (tertiary/aromatic N) is 1. The molecule has 0 aliphatic heterocycles. The summed E-state index contributed by atoms with van der Waals surface area (Å²) in [7, 11) is 0. The standard InChI is InChI=1S/C19H40N2/c1-7-14-20-18(17-13-11-12-16(5)15-17)19(6,8-2)21(9-3)10-4/h16-18,20H,7-15H2,1-6H3. The highest BCUT2D eigenvalue weighted by Gasteiger charge is 2.41. The molecule has 0 amide bonds. The Hall–Kier alpha value is -0.0800. The second-order valence-electron chi connectivity index (χ2n) is 7.35. The summed E-state index contributed by atoms with van der Waals surface area (Å²) >= 11 is 0. The summed E-state index contributed by atoms with van der Waals surface area (Å²) in [5.41, 5.74) is 0.292. The van der Waals surface area contributed by atoms with Crippen molar-refractivity contribution in [1.82, 2.24) is 10.2 Å². The topological polar surface area (TPSA) is 15.3 Å². The van der Waals surface area contributed by atoms with E-state index in [2.05, 4.69) is 51.8 Å². The molecule has 1 saturated carbocycles. The first-order valence-electron chi connectivity index (χ1n) is 9.51. The van der Waals surface area contributed by atoms with E-state index in [0.717, 1.165) is 31.5 Å². The molecule has 0 spiro atoms. The molecule has 4 unspecified atom stereocenters. The lowest BCUT2D eigenvalue weighted by Gasteiger charge is -2.50. The van der Waals surface area contributed by atoms with E-state index < -0.39 is 0 Å². The summed E-state index contributed by atoms with van der Waals surface area (Å²) in [6.45, 7) is 17.7. The Bertz CT molecular complexity index is 275. The molecule has 0 radical (unpaired) electrons. The first-order chi connectivity index (χ1) is 10.0. The van der Waals surface area contributed by atoms with Gasteiger partial charge in [0.25, 0.3) is 0 Å². The van der Waals surface area contributed by atoms with Gasteiger partial charge in [0.05, 0.1) is 0 Å². The van der Waals surface area contributed by atoms with Gasteiger partial charge in [0.2, 0.25) is 0 Å². The van der Waals surface area contributed by atoms with Gasteiger partial charge in [-0.2, -0.15) is 0 Å². The Morgan fingerprint density at radius 2 is 1.81 bits per heavy atom. The first-order valence-corrected chi connectivity index (χ1v) is 9.51. The van der Waals surface area contributed by atoms with Crippen LogP contribution >= 0.6 is 0 Å². The van der Waals surface area contributed by atoms with E-state index in [4.69, 9.17) is 0 Å². The van der Waals surface area contributed by atoms with Crippen molar-refractivity contribution in [1.29, 1.82) is 0 Å². The van der Waals surface area contributed by atoms with Crippen molar-refractivity contribution in [3.05, 3.63) is 0 Å². The molecule has 1 aliphatic carbocycles. The van der Waals surface area contributed by atoms with E-state index in [1.165, 1.54) is 38.5 Å². The molecule has 0 aromatic carbocycles. The van der Waals surface area contributed by atoms with E-state index in [0.29, 0.717) is 11.6 Å². The molecule has 0 saturated heterocycles. The molecule has 1 rings (SSSR count). The second kappa shape index (κ2) is 9.15. The molecule has 0 aromatic rings. The van der Waals surface area contributed by atoms with Gasteiger partial charge in [-0.05, 0) is 64.1 Å². The van der Waals surface area contributed by atoms with Crippen molar-refractivity contribution in [2.45, 2.75) is 91.6 Å². The first kappa shape index (κ1) is 19.0. The third-order valence-corrected chi connectivity index (χ3v) is 5.93. The SMILES string of the molecule is CCCNC(C1CCCC(C)C1)C(C)(CC)N(CC)CC. The molecule has 1 fully saturated rings. The molecule has 126 valence electrons. The monoisotopic (exact) mass is 296 g/mol. The Morgan fingerprint density at radius 1 is 1.14 bits per heavy atom. The van der Waals surface area contributed by atoms with Crippen LogP contribution in [0.5, 0.6) is 0 Å². The van der Waals surface area contributed by atoms with Crippen LogP contribution in [0.25, 0.3) is 0 Å². The van der Waals surface area contributed by atoms with E-state index in [1.807, 2.05) is 0 Å². The fourth-order valence-corrected chi connectivity index (χ4v) is 4.56. The number of hydrogen-bond donors (Lipinski definition) is 1. The summed E-state index contributed by atoms with van der Waals surface area (Å²) in [6.07, 6.45) is 8.16. The fraction of sp³-hybridized carbons (Fsp3) is 1.00. The highest BCUT2D eigenvalue weighted by atomic mass is 15.2. The third-order valence-electron chi connectivity index (χ3n) is 5.93. The van der Waals surface area contributed by atoms with Crippen LogP contribution in [0.4, 0.5) is 0 Å². The van der Waals surface area contributed by atoms with Crippen LogP contribution in [0.1, 0.15) is 80.1 Å². The zero-order valence-electron chi connectivity index (χ0n) is 15.5. The lowest BCUT2D eigenvalue weighted by molar-refractivity contribution is 0.0314. The zero-order valence-corrected chi connectivity index (χ0v) is 15.5. The Balaban J connectivity index is 2.96. The minimum atomic E-state index is 0.292. The van der Waals surface area contributed by atoms with Crippen molar-refractivity contribution < 1.29 is 0 Å². The minimum absolute atomic E-state index is 0.292. The smallest absolute Gasteiger partial charge is 0.0334 e. The summed E-state index contributed by atoms with van der Waals surface area (Å²) in [6, 6.07) is 0.644. The van der Waals surface area contributed by atoms with E-state index in [-0.39, 0.29) is 0 Å². The van der Waals surface area contributed by atoms with E-state index in [9.17, 15) is 0 Å². The summed E-state index contributed by atoms with van der Waals surface area (Å²) in [4.78, 5) is 2.69. The van der Waals surface area contributed by atoms with Crippen LogP contribution in [-0.4, -0.2) is 36.1 Å².